The number of rotatable bonds is 4. The maximum absolute atomic E-state index is 13.2. The molecule has 0 saturated carbocycles. The number of benzene rings is 2. The molecule has 9 heteroatoms. The van der Waals surface area contributed by atoms with Crippen molar-refractivity contribution >= 4 is 44.9 Å². The molecule has 0 bridgehead atoms. The Morgan fingerprint density at radius 2 is 1.73 bits per heavy atom. The van der Waals surface area contributed by atoms with Crippen LogP contribution in [0.5, 0.6) is 0 Å². The number of nitrogens with one attached hydrogen (secondary N) is 1. The summed E-state index contributed by atoms with van der Waals surface area (Å²) in [5, 5.41) is 8.75. The second-order valence-electron chi connectivity index (χ2n) is 4.18. The summed E-state index contributed by atoms with van der Waals surface area (Å²) in [6.45, 7) is 0. The summed E-state index contributed by atoms with van der Waals surface area (Å²) in [5.74, 6) is -2.08. The Morgan fingerprint density at radius 1 is 1.09 bits per heavy atom. The van der Waals surface area contributed by atoms with Crippen LogP contribution in [0.15, 0.2) is 41.3 Å². The molecule has 0 radical (unpaired) electrons. The lowest BCUT2D eigenvalue weighted by molar-refractivity contribution is 0.0697. The molecule has 116 valence electrons. The lowest BCUT2D eigenvalue weighted by atomic mass is 10.2. The van der Waals surface area contributed by atoms with Crippen molar-refractivity contribution in [3.05, 3.63) is 57.8 Å². The molecule has 2 aromatic rings. The molecule has 2 N–H and O–H groups in total. The molecule has 0 heterocycles. The molecule has 0 fully saturated rings. The van der Waals surface area contributed by atoms with Gasteiger partial charge >= 0.3 is 5.97 Å². The SMILES string of the molecule is O=C(O)c1cc(NS(=O)(=O)c2cc(F)ccc2Cl)ccc1Cl. The van der Waals surface area contributed by atoms with Gasteiger partial charge in [0.15, 0.2) is 0 Å². The average Bonchev–Trinajstić information content (AvgIpc) is 2.43. The molecule has 0 unspecified atom stereocenters. The summed E-state index contributed by atoms with van der Waals surface area (Å²) in [7, 11) is -4.18. The maximum atomic E-state index is 13.2. The zero-order valence-electron chi connectivity index (χ0n) is 10.7. The van der Waals surface area contributed by atoms with Gasteiger partial charge in [-0.25, -0.2) is 17.6 Å². The third kappa shape index (κ3) is 3.49. The zero-order chi connectivity index (χ0) is 16.5. The van der Waals surface area contributed by atoms with Crippen molar-refractivity contribution in [2.45, 2.75) is 4.90 Å². The quantitative estimate of drug-likeness (QED) is 0.868. The van der Waals surface area contributed by atoms with Crippen molar-refractivity contribution in [2.75, 3.05) is 4.72 Å². The Kier molecular flexibility index (Phi) is 4.60. The Bertz CT molecular complexity index is 855. The lowest BCUT2D eigenvalue weighted by Gasteiger charge is -2.10. The van der Waals surface area contributed by atoms with E-state index in [0.29, 0.717) is 0 Å². The Hall–Kier alpha value is -1.83. The van der Waals surface area contributed by atoms with Crippen molar-refractivity contribution in [3.63, 3.8) is 0 Å². The van der Waals surface area contributed by atoms with Crippen molar-refractivity contribution in [2.24, 2.45) is 0 Å². The lowest BCUT2D eigenvalue weighted by Crippen LogP contribution is -2.14. The molecule has 0 atom stereocenters. The fourth-order valence-corrected chi connectivity index (χ4v) is 3.41. The van der Waals surface area contributed by atoms with E-state index in [0.717, 1.165) is 24.3 Å². The van der Waals surface area contributed by atoms with Gasteiger partial charge in [0, 0.05) is 5.69 Å². The molecule has 5 nitrogen and oxygen atoms in total. The van der Waals surface area contributed by atoms with E-state index < -0.39 is 26.7 Å². The molecule has 0 aromatic heterocycles. The van der Waals surface area contributed by atoms with E-state index in [1.165, 1.54) is 12.1 Å². The van der Waals surface area contributed by atoms with Gasteiger partial charge in [-0.1, -0.05) is 23.2 Å². The number of halogens is 3. The second-order valence-corrected chi connectivity index (χ2v) is 6.65. The van der Waals surface area contributed by atoms with E-state index in [1.807, 2.05) is 0 Å². The first-order valence-electron chi connectivity index (χ1n) is 5.71. The van der Waals surface area contributed by atoms with E-state index >= 15 is 0 Å². The Labute approximate surface area is 135 Å². The van der Waals surface area contributed by atoms with Gasteiger partial charge in [0.1, 0.15) is 10.7 Å². The Balaban J connectivity index is 2.43. The fraction of sp³-hybridized carbons (Fsp3) is 0. The van der Waals surface area contributed by atoms with E-state index in [9.17, 15) is 17.6 Å². The highest BCUT2D eigenvalue weighted by atomic mass is 35.5. The average molecular weight is 364 g/mol. The molecule has 2 rings (SSSR count). The number of hydrogen-bond donors (Lipinski definition) is 2. The highest BCUT2D eigenvalue weighted by Gasteiger charge is 2.20. The van der Waals surface area contributed by atoms with Crippen molar-refractivity contribution in [3.8, 4) is 0 Å². The molecule has 0 aliphatic rings. The number of carboxylic acids is 1. The molecule has 0 saturated heterocycles. The number of carbonyl (C=O) groups is 1. The summed E-state index contributed by atoms with van der Waals surface area (Å²) in [6, 6.07) is 6.45. The summed E-state index contributed by atoms with van der Waals surface area (Å²) >= 11 is 11.4. The summed E-state index contributed by atoms with van der Waals surface area (Å²) < 4.78 is 39.7. The van der Waals surface area contributed by atoms with Crippen LogP contribution >= 0.6 is 23.2 Å². The van der Waals surface area contributed by atoms with Crippen LogP contribution < -0.4 is 4.72 Å². The zero-order valence-corrected chi connectivity index (χ0v) is 13.0. The predicted molar refractivity (Wildman–Crippen MR) is 80.6 cm³/mol. The summed E-state index contributed by atoms with van der Waals surface area (Å²) in [6.07, 6.45) is 0. The Morgan fingerprint density at radius 3 is 2.36 bits per heavy atom. The van der Waals surface area contributed by atoms with Crippen molar-refractivity contribution < 1.29 is 22.7 Å². The summed E-state index contributed by atoms with van der Waals surface area (Å²) in [5.41, 5.74) is -0.311. The van der Waals surface area contributed by atoms with Crippen molar-refractivity contribution in [1.29, 1.82) is 0 Å². The standard InChI is InChI=1S/C13H8Cl2FNO4S/c14-10-4-2-8(6-9(10)13(18)19)17-22(20,21)12-5-7(16)1-3-11(12)15/h1-6,17H,(H,18,19). The van der Waals surface area contributed by atoms with Gasteiger partial charge in [-0.15, -0.1) is 0 Å². The number of carboxylic acid groups (broad SMARTS) is 1. The van der Waals surface area contributed by atoms with Crippen LogP contribution in [0, 0.1) is 5.82 Å². The van der Waals surface area contributed by atoms with Crippen LogP contribution in [-0.2, 0) is 10.0 Å². The third-order valence-corrected chi connectivity index (χ3v) is 4.82. The third-order valence-electron chi connectivity index (χ3n) is 2.63. The van der Waals surface area contributed by atoms with Crippen LogP contribution in [-0.4, -0.2) is 19.5 Å². The molecule has 2 aromatic carbocycles. The molecule has 22 heavy (non-hydrogen) atoms. The number of anilines is 1. The van der Waals surface area contributed by atoms with E-state index in [2.05, 4.69) is 4.72 Å². The summed E-state index contributed by atoms with van der Waals surface area (Å²) in [4.78, 5) is 10.5. The van der Waals surface area contributed by atoms with Crippen LogP contribution in [0.4, 0.5) is 10.1 Å². The smallest absolute Gasteiger partial charge is 0.337 e. The topological polar surface area (TPSA) is 83.5 Å². The fourth-order valence-electron chi connectivity index (χ4n) is 1.65. The number of aromatic carboxylic acids is 1. The van der Waals surface area contributed by atoms with Gasteiger partial charge in [0.05, 0.1) is 15.6 Å². The largest absolute Gasteiger partial charge is 0.478 e. The van der Waals surface area contributed by atoms with E-state index in [1.54, 1.807) is 0 Å². The van der Waals surface area contributed by atoms with Crippen LogP contribution in [0.2, 0.25) is 10.0 Å². The van der Waals surface area contributed by atoms with Gasteiger partial charge in [0.25, 0.3) is 10.0 Å². The number of hydrogen-bond acceptors (Lipinski definition) is 3. The van der Waals surface area contributed by atoms with Crippen molar-refractivity contribution in [1.82, 2.24) is 0 Å². The highest BCUT2D eigenvalue weighted by Crippen LogP contribution is 2.26. The monoisotopic (exact) mass is 363 g/mol. The molecular weight excluding hydrogens is 356 g/mol. The normalized spacial score (nSPS) is 11.2. The van der Waals surface area contributed by atoms with Gasteiger partial charge in [-0.3, -0.25) is 4.72 Å². The van der Waals surface area contributed by atoms with Gasteiger partial charge in [0.2, 0.25) is 0 Å². The minimum Gasteiger partial charge on any atom is -0.478 e. The highest BCUT2D eigenvalue weighted by molar-refractivity contribution is 7.92. The minimum absolute atomic E-state index is 0.0397. The minimum atomic E-state index is -4.18. The molecule has 0 aliphatic heterocycles. The molecule has 0 aliphatic carbocycles. The van der Waals surface area contributed by atoms with Crippen LogP contribution in [0.3, 0.4) is 0 Å². The second kappa shape index (κ2) is 6.12. The van der Waals surface area contributed by atoms with Gasteiger partial charge in [-0.2, -0.15) is 0 Å². The number of sulfonamides is 1. The van der Waals surface area contributed by atoms with Gasteiger partial charge < -0.3 is 5.11 Å². The molecule has 0 spiro atoms. The van der Waals surface area contributed by atoms with Crippen LogP contribution in [0.1, 0.15) is 10.4 Å². The van der Waals surface area contributed by atoms with E-state index in [4.69, 9.17) is 28.3 Å². The van der Waals surface area contributed by atoms with Crippen LogP contribution in [0.25, 0.3) is 0 Å². The first-order valence-corrected chi connectivity index (χ1v) is 7.95. The first-order chi connectivity index (χ1) is 10.2. The van der Waals surface area contributed by atoms with Gasteiger partial charge in [-0.05, 0) is 36.4 Å². The first kappa shape index (κ1) is 16.5. The molecular formula is C13H8Cl2FNO4S. The molecule has 0 amide bonds. The maximum Gasteiger partial charge on any atom is 0.337 e. The van der Waals surface area contributed by atoms with E-state index in [-0.39, 0.29) is 21.3 Å². The predicted octanol–water partition coefficient (Wildman–Crippen LogP) is 3.63.